The first kappa shape index (κ1) is 19.3. The maximum atomic E-state index is 13.5. The molecular weight excluding hydrogens is 380 g/mol. The van der Waals surface area contributed by atoms with E-state index in [1.807, 2.05) is 0 Å². The summed E-state index contributed by atoms with van der Waals surface area (Å²) in [5.41, 5.74) is -0.905. The van der Waals surface area contributed by atoms with Crippen molar-refractivity contribution in [2.45, 2.75) is 12.6 Å². The van der Waals surface area contributed by atoms with Gasteiger partial charge in [-0.3, -0.25) is 0 Å². The van der Waals surface area contributed by atoms with Crippen LogP contribution in [0.25, 0.3) is 5.82 Å². The van der Waals surface area contributed by atoms with Crippen LogP contribution in [-0.4, -0.2) is 27.4 Å². The molecule has 10 heteroatoms. The standard InChI is InChI=1S/C18H14F4N4O2/c19-13-6-2-1-5-12(13)8-10-24-17(27)28-14-11-25-26(16(14)18(20,21)22)15-7-3-4-9-23-15/h1-7,9,11H,8,10H2,(H,24,27). The highest BCUT2D eigenvalue weighted by Gasteiger charge is 2.40. The van der Waals surface area contributed by atoms with Crippen LogP contribution in [0.15, 0.2) is 54.9 Å². The number of aromatic nitrogens is 3. The first-order valence-corrected chi connectivity index (χ1v) is 8.12. The van der Waals surface area contributed by atoms with Crippen LogP contribution < -0.4 is 10.1 Å². The zero-order valence-electron chi connectivity index (χ0n) is 14.3. The normalized spacial score (nSPS) is 11.3. The van der Waals surface area contributed by atoms with Gasteiger partial charge in [-0.2, -0.15) is 18.3 Å². The fourth-order valence-corrected chi connectivity index (χ4v) is 2.46. The molecule has 0 atom stereocenters. The van der Waals surface area contributed by atoms with Gasteiger partial charge in [-0.15, -0.1) is 0 Å². The summed E-state index contributed by atoms with van der Waals surface area (Å²) in [6.07, 6.45) is -3.69. The summed E-state index contributed by atoms with van der Waals surface area (Å²) in [7, 11) is 0. The van der Waals surface area contributed by atoms with Crippen LogP contribution in [0, 0.1) is 5.82 Å². The topological polar surface area (TPSA) is 69.0 Å². The van der Waals surface area contributed by atoms with Gasteiger partial charge in [-0.05, 0) is 30.2 Å². The van der Waals surface area contributed by atoms with Crippen molar-refractivity contribution in [2.24, 2.45) is 0 Å². The Bertz CT molecular complexity index is 958. The third-order valence-corrected chi connectivity index (χ3v) is 3.69. The van der Waals surface area contributed by atoms with E-state index < -0.39 is 29.5 Å². The lowest BCUT2D eigenvalue weighted by Crippen LogP contribution is -2.29. The Morgan fingerprint density at radius 1 is 1.14 bits per heavy atom. The van der Waals surface area contributed by atoms with Crippen molar-refractivity contribution in [1.29, 1.82) is 0 Å². The average molecular weight is 394 g/mol. The van der Waals surface area contributed by atoms with Gasteiger partial charge in [0, 0.05) is 12.7 Å². The van der Waals surface area contributed by atoms with Crippen LogP contribution in [-0.2, 0) is 12.6 Å². The summed E-state index contributed by atoms with van der Waals surface area (Å²) in [6.45, 7) is -0.0184. The van der Waals surface area contributed by atoms with E-state index in [9.17, 15) is 22.4 Å². The molecule has 6 nitrogen and oxygen atoms in total. The molecule has 3 aromatic rings. The second kappa shape index (κ2) is 8.07. The summed E-state index contributed by atoms with van der Waals surface area (Å²) < 4.78 is 59.2. The highest BCUT2D eigenvalue weighted by atomic mass is 19.4. The maximum Gasteiger partial charge on any atom is 0.437 e. The minimum absolute atomic E-state index is 0.0184. The van der Waals surface area contributed by atoms with E-state index >= 15 is 0 Å². The molecule has 0 radical (unpaired) electrons. The van der Waals surface area contributed by atoms with Crippen molar-refractivity contribution in [3.05, 3.63) is 71.9 Å². The first-order valence-electron chi connectivity index (χ1n) is 8.12. The number of hydrogen-bond acceptors (Lipinski definition) is 4. The molecule has 0 bridgehead atoms. The molecule has 1 N–H and O–H groups in total. The molecule has 3 rings (SSSR count). The zero-order chi connectivity index (χ0) is 20.1. The average Bonchev–Trinajstić information content (AvgIpc) is 3.08. The number of nitrogens with one attached hydrogen (secondary N) is 1. The molecule has 0 aliphatic heterocycles. The first-order chi connectivity index (χ1) is 13.4. The van der Waals surface area contributed by atoms with E-state index in [0.29, 0.717) is 10.2 Å². The predicted octanol–water partition coefficient (Wildman–Crippen LogP) is 3.76. The smallest absolute Gasteiger partial charge is 0.406 e. The Kier molecular flexibility index (Phi) is 5.57. The number of ether oxygens (including phenoxy) is 1. The molecule has 0 spiro atoms. The highest BCUT2D eigenvalue weighted by molar-refractivity contribution is 5.70. The number of carbonyl (C=O) groups is 1. The van der Waals surface area contributed by atoms with E-state index in [1.165, 1.54) is 30.5 Å². The van der Waals surface area contributed by atoms with Gasteiger partial charge in [0.1, 0.15) is 5.82 Å². The van der Waals surface area contributed by atoms with E-state index in [0.717, 1.165) is 6.20 Å². The minimum atomic E-state index is -4.84. The van der Waals surface area contributed by atoms with Crippen LogP contribution in [0.2, 0.25) is 0 Å². The lowest BCUT2D eigenvalue weighted by Gasteiger charge is -2.12. The number of rotatable bonds is 5. The number of halogens is 4. The van der Waals surface area contributed by atoms with Gasteiger partial charge >= 0.3 is 12.3 Å². The number of hydrogen-bond donors (Lipinski definition) is 1. The Labute approximate surface area is 156 Å². The monoisotopic (exact) mass is 394 g/mol. The van der Waals surface area contributed by atoms with Crippen molar-refractivity contribution in [2.75, 3.05) is 6.54 Å². The Morgan fingerprint density at radius 3 is 2.57 bits per heavy atom. The van der Waals surface area contributed by atoms with Gasteiger partial charge in [-0.25, -0.2) is 18.9 Å². The number of benzene rings is 1. The molecule has 0 saturated carbocycles. The van der Waals surface area contributed by atoms with Crippen molar-refractivity contribution >= 4 is 6.09 Å². The third-order valence-electron chi connectivity index (χ3n) is 3.69. The highest BCUT2D eigenvalue weighted by Crippen LogP contribution is 2.37. The Hall–Kier alpha value is -3.43. The van der Waals surface area contributed by atoms with E-state index in [4.69, 9.17) is 4.74 Å². The molecule has 2 aromatic heterocycles. The van der Waals surface area contributed by atoms with Gasteiger partial charge < -0.3 is 10.1 Å². The van der Waals surface area contributed by atoms with Crippen molar-refractivity contribution < 1.29 is 27.1 Å². The fourth-order valence-electron chi connectivity index (χ4n) is 2.46. The lowest BCUT2D eigenvalue weighted by molar-refractivity contribution is -0.143. The molecule has 0 unspecified atom stereocenters. The van der Waals surface area contributed by atoms with Gasteiger partial charge in [0.05, 0.1) is 6.20 Å². The summed E-state index contributed by atoms with van der Waals surface area (Å²) in [5.74, 6) is -1.28. The van der Waals surface area contributed by atoms with E-state index in [2.05, 4.69) is 15.4 Å². The second-order valence-corrected chi connectivity index (χ2v) is 5.61. The van der Waals surface area contributed by atoms with Gasteiger partial charge in [0.2, 0.25) is 0 Å². The van der Waals surface area contributed by atoms with Gasteiger partial charge in [0.15, 0.2) is 17.3 Å². The molecular formula is C18H14F4N4O2. The molecule has 146 valence electrons. The zero-order valence-corrected chi connectivity index (χ0v) is 14.3. The minimum Gasteiger partial charge on any atom is -0.406 e. The fraction of sp³-hybridized carbons (Fsp3) is 0.167. The van der Waals surface area contributed by atoms with Crippen LogP contribution >= 0.6 is 0 Å². The van der Waals surface area contributed by atoms with Crippen molar-refractivity contribution in [3.8, 4) is 11.6 Å². The number of alkyl halides is 3. The summed E-state index contributed by atoms with van der Waals surface area (Å²) >= 11 is 0. The Morgan fingerprint density at radius 2 is 1.89 bits per heavy atom. The molecule has 2 heterocycles. The molecule has 0 aliphatic carbocycles. The summed E-state index contributed by atoms with van der Waals surface area (Å²) in [6, 6.07) is 10.4. The molecule has 1 amide bonds. The van der Waals surface area contributed by atoms with Crippen LogP contribution in [0.1, 0.15) is 11.3 Å². The number of pyridine rings is 1. The summed E-state index contributed by atoms with van der Waals surface area (Å²) in [4.78, 5) is 15.7. The second-order valence-electron chi connectivity index (χ2n) is 5.61. The van der Waals surface area contributed by atoms with Crippen LogP contribution in [0.5, 0.6) is 5.75 Å². The van der Waals surface area contributed by atoms with Crippen LogP contribution in [0.4, 0.5) is 22.4 Å². The Balaban J connectivity index is 1.71. The molecule has 0 aliphatic rings. The SMILES string of the molecule is O=C(NCCc1ccccc1F)Oc1cnn(-c2ccccn2)c1C(F)(F)F. The van der Waals surface area contributed by atoms with Crippen LogP contribution in [0.3, 0.4) is 0 Å². The largest absolute Gasteiger partial charge is 0.437 e. The van der Waals surface area contributed by atoms with E-state index in [1.54, 1.807) is 18.2 Å². The van der Waals surface area contributed by atoms with Crippen molar-refractivity contribution in [1.82, 2.24) is 20.1 Å². The van der Waals surface area contributed by atoms with Crippen molar-refractivity contribution in [3.63, 3.8) is 0 Å². The van der Waals surface area contributed by atoms with Gasteiger partial charge in [0.25, 0.3) is 0 Å². The molecule has 0 fully saturated rings. The maximum absolute atomic E-state index is 13.5. The quantitative estimate of drug-likeness (QED) is 0.669. The third kappa shape index (κ3) is 4.45. The summed E-state index contributed by atoms with van der Waals surface area (Å²) in [5, 5.41) is 5.91. The number of carbonyl (C=O) groups excluding carboxylic acids is 1. The van der Waals surface area contributed by atoms with E-state index in [-0.39, 0.29) is 18.8 Å². The molecule has 28 heavy (non-hydrogen) atoms. The number of nitrogens with zero attached hydrogens (tertiary/aromatic N) is 3. The molecule has 1 aromatic carbocycles. The lowest BCUT2D eigenvalue weighted by atomic mass is 10.1. The molecule has 0 saturated heterocycles. The number of amides is 1. The van der Waals surface area contributed by atoms with Gasteiger partial charge in [-0.1, -0.05) is 24.3 Å². The predicted molar refractivity (Wildman–Crippen MR) is 90.5 cm³/mol.